The molecule has 8 heteroatoms. The molecule has 0 saturated carbocycles. The number of rotatable bonds is 8. The van der Waals surface area contributed by atoms with Crippen molar-refractivity contribution in [2.45, 2.75) is 73.1 Å². The molecule has 0 unspecified atom stereocenters. The van der Waals surface area contributed by atoms with Crippen molar-refractivity contribution in [1.29, 1.82) is 0 Å². The largest absolute Gasteiger partial charge is 0.519 e. The van der Waals surface area contributed by atoms with Crippen molar-refractivity contribution >= 4 is 12.1 Å². The van der Waals surface area contributed by atoms with Crippen molar-refractivity contribution in [1.82, 2.24) is 0 Å². The molecule has 0 bridgehead atoms. The highest BCUT2D eigenvalue weighted by Gasteiger charge is 2.26. The third-order valence-corrected chi connectivity index (χ3v) is 9.99. The average molecular weight is 783 g/mol. The summed E-state index contributed by atoms with van der Waals surface area (Å²) in [5.41, 5.74) is 8.18. The van der Waals surface area contributed by atoms with Crippen molar-refractivity contribution in [3.8, 4) is 34.5 Å². The van der Waals surface area contributed by atoms with Crippen LogP contribution in [0.1, 0.15) is 79.1 Å². The Hall–Kier alpha value is -6.54. The Bertz CT molecular complexity index is 2210. The van der Waals surface area contributed by atoms with Gasteiger partial charge >= 0.3 is 12.1 Å². The summed E-state index contributed by atoms with van der Waals surface area (Å²) in [5.74, 6) is 2.77. The number of ether oxygens (including phenoxy) is 4. The zero-order chi connectivity index (χ0) is 42.6. The highest BCUT2D eigenvalue weighted by molar-refractivity contribution is 5.70. The number of carbonyl (C=O) groups excluding carboxylic acids is 2. The molecule has 8 nitrogen and oxygen atoms in total. The zero-order valence-corrected chi connectivity index (χ0v) is 35.0. The van der Waals surface area contributed by atoms with Gasteiger partial charge in [0.15, 0.2) is 0 Å². The summed E-state index contributed by atoms with van der Waals surface area (Å²) < 4.78 is 20.5. The minimum Gasteiger partial charge on any atom is -0.508 e. The Kier molecular flexibility index (Phi) is 14.9. The molecular formula is C50H54O8. The van der Waals surface area contributed by atoms with Gasteiger partial charge in [-0.15, -0.1) is 0 Å². The van der Waals surface area contributed by atoms with Crippen LogP contribution in [-0.2, 0) is 15.6 Å². The summed E-state index contributed by atoms with van der Waals surface area (Å²) in [6.07, 6.45) is -0.739. The highest BCUT2D eigenvalue weighted by Crippen LogP contribution is 2.37. The van der Waals surface area contributed by atoms with Gasteiger partial charge in [0.05, 0.1) is 7.11 Å². The topological polar surface area (TPSA) is 112 Å². The fourth-order valence-corrected chi connectivity index (χ4v) is 6.19. The van der Waals surface area contributed by atoms with Crippen molar-refractivity contribution in [3.05, 3.63) is 178 Å². The van der Waals surface area contributed by atoms with E-state index in [1.54, 1.807) is 67.8 Å². The van der Waals surface area contributed by atoms with E-state index < -0.39 is 6.16 Å². The fraction of sp³-hybridized carbons (Fsp3) is 0.240. The average Bonchev–Trinajstić information content (AvgIpc) is 3.18. The Balaban J connectivity index is 0.000000196. The second-order valence-corrected chi connectivity index (χ2v) is 15.1. The first-order valence-electron chi connectivity index (χ1n) is 19.0. The molecule has 2 N–H and O–H groups in total. The molecule has 302 valence electrons. The maximum Gasteiger partial charge on any atom is 0.519 e. The van der Waals surface area contributed by atoms with Gasteiger partial charge in [-0.05, 0) is 121 Å². The molecule has 6 aromatic carbocycles. The van der Waals surface area contributed by atoms with E-state index in [0.717, 1.165) is 39.1 Å². The zero-order valence-electron chi connectivity index (χ0n) is 35.0. The molecular weight excluding hydrogens is 729 g/mol. The number of esters is 1. The lowest BCUT2D eigenvalue weighted by Crippen LogP contribution is -2.19. The van der Waals surface area contributed by atoms with Gasteiger partial charge in [-0.2, -0.15) is 0 Å². The molecule has 0 aliphatic rings. The summed E-state index contributed by atoms with van der Waals surface area (Å²) >= 11 is 0. The number of phenolic OH excluding ortho intramolecular Hbond substituents is 2. The number of hydrogen-bond acceptors (Lipinski definition) is 8. The first-order chi connectivity index (χ1) is 27.4. The number of phenols is 2. The van der Waals surface area contributed by atoms with Crippen molar-refractivity contribution in [2.24, 2.45) is 0 Å². The number of methoxy groups -OCH3 is 1. The van der Waals surface area contributed by atoms with E-state index in [1.807, 2.05) is 82.3 Å². The Labute approximate surface area is 342 Å². The number of benzene rings is 6. The number of aryl methyl sites for hydroxylation is 4. The summed E-state index contributed by atoms with van der Waals surface area (Å²) in [5, 5.41) is 19.3. The van der Waals surface area contributed by atoms with E-state index in [4.69, 9.17) is 18.9 Å². The third-order valence-electron chi connectivity index (χ3n) is 9.99. The highest BCUT2D eigenvalue weighted by atomic mass is 16.7. The lowest BCUT2D eigenvalue weighted by atomic mass is 9.77. The van der Waals surface area contributed by atoms with E-state index in [9.17, 15) is 19.8 Å². The molecule has 0 atom stereocenters. The second-order valence-electron chi connectivity index (χ2n) is 15.1. The first kappa shape index (κ1) is 44.2. The predicted molar refractivity (Wildman–Crippen MR) is 230 cm³/mol. The quantitative estimate of drug-likeness (QED) is 0.0892. The van der Waals surface area contributed by atoms with E-state index in [1.165, 1.54) is 18.1 Å². The fourth-order valence-electron chi connectivity index (χ4n) is 6.19. The lowest BCUT2D eigenvalue weighted by molar-refractivity contribution is -0.131. The normalized spacial score (nSPS) is 10.9. The number of para-hydroxylation sites is 2. The number of carbonyl (C=O) groups is 2. The minimum absolute atomic E-state index is 0.156. The smallest absolute Gasteiger partial charge is 0.508 e. The molecule has 0 aliphatic carbocycles. The molecule has 0 radical (unpaired) electrons. The molecule has 58 heavy (non-hydrogen) atoms. The van der Waals surface area contributed by atoms with Gasteiger partial charge in [0.2, 0.25) is 0 Å². The van der Waals surface area contributed by atoms with Crippen LogP contribution in [0.25, 0.3) is 0 Å². The van der Waals surface area contributed by atoms with Gasteiger partial charge < -0.3 is 29.2 Å². The van der Waals surface area contributed by atoms with E-state index in [2.05, 4.69) is 45.9 Å². The van der Waals surface area contributed by atoms with Crippen LogP contribution in [0.3, 0.4) is 0 Å². The molecule has 6 aromatic rings. The van der Waals surface area contributed by atoms with E-state index in [0.29, 0.717) is 28.7 Å². The summed E-state index contributed by atoms with van der Waals surface area (Å²) in [4.78, 5) is 22.5. The molecule has 0 fully saturated rings. The number of aromatic hydroxyl groups is 2. The SMILES string of the molecule is COc1ccc(C(C)(C)c2ccc(OC(C)=O)c(C)c2)cc1C.Cc1cc(C(C)(C)c2ccc(O)c(C)c2)ccc1O.O=C(Oc1ccccc1)Oc1ccccc1. The second kappa shape index (κ2) is 19.6. The van der Waals surface area contributed by atoms with Gasteiger partial charge in [0.1, 0.15) is 34.5 Å². The Morgan fingerprint density at radius 3 is 1.14 bits per heavy atom. The van der Waals surface area contributed by atoms with Crippen molar-refractivity contribution in [2.75, 3.05) is 7.11 Å². The Morgan fingerprint density at radius 2 is 0.810 bits per heavy atom. The minimum atomic E-state index is -0.739. The maximum absolute atomic E-state index is 11.3. The van der Waals surface area contributed by atoms with Crippen molar-refractivity contribution in [3.63, 3.8) is 0 Å². The molecule has 0 heterocycles. The number of hydrogen-bond donors (Lipinski definition) is 2. The molecule has 0 spiro atoms. The van der Waals surface area contributed by atoms with Crippen LogP contribution in [-0.4, -0.2) is 29.4 Å². The summed E-state index contributed by atoms with van der Waals surface area (Å²) in [7, 11) is 1.68. The maximum atomic E-state index is 11.3. The monoisotopic (exact) mass is 782 g/mol. The standard InChI is InChI=1S/C20H24O3.C17H20O2.C13H10O3/c1-13-11-16(7-9-18(13)22-6)20(4,5)17-8-10-19(14(2)12-17)23-15(3)21;1-11-9-13(5-7-15(11)18)17(3,4)14-6-8-16(19)12(2)10-14;14-13(15-11-7-3-1-4-8-11)16-12-9-5-2-6-10-12/h7-12H,1-6H3;5-10,18-19H,1-4H3;1-10H. The van der Waals surface area contributed by atoms with Crippen LogP contribution >= 0.6 is 0 Å². The summed E-state index contributed by atoms with van der Waals surface area (Å²) in [6.45, 7) is 17.9. The van der Waals surface area contributed by atoms with Gasteiger partial charge in [0.25, 0.3) is 0 Å². The van der Waals surface area contributed by atoms with E-state index in [-0.39, 0.29) is 16.8 Å². The van der Waals surface area contributed by atoms with Crippen molar-refractivity contribution < 1.29 is 38.7 Å². The third kappa shape index (κ3) is 11.7. The van der Waals surface area contributed by atoms with E-state index >= 15 is 0 Å². The van der Waals surface area contributed by atoms with Crippen LogP contribution < -0.4 is 18.9 Å². The molecule has 0 amide bonds. The Morgan fingerprint density at radius 1 is 0.466 bits per heavy atom. The molecule has 0 aliphatic heterocycles. The van der Waals surface area contributed by atoms with Crippen LogP contribution in [0.4, 0.5) is 4.79 Å². The predicted octanol–water partition coefficient (Wildman–Crippen LogP) is 11.9. The van der Waals surface area contributed by atoms with Crippen LogP contribution in [0.15, 0.2) is 133 Å². The lowest BCUT2D eigenvalue weighted by Gasteiger charge is -2.27. The van der Waals surface area contributed by atoms with Gasteiger partial charge in [-0.3, -0.25) is 4.79 Å². The molecule has 0 aromatic heterocycles. The van der Waals surface area contributed by atoms with Gasteiger partial charge in [-0.25, -0.2) is 4.79 Å². The summed E-state index contributed by atoms with van der Waals surface area (Å²) in [6, 6.07) is 41.2. The van der Waals surface area contributed by atoms with Crippen LogP contribution in [0.2, 0.25) is 0 Å². The first-order valence-corrected chi connectivity index (χ1v) is 19.0. The van der Waals surface area contributed by atoms with Gasteiger partial charge in [-0.1, -0.05) is 113 Å². The molecule has 0 saturated heterocycles. The van der Waals surface area contributed by atoms with Gasteiger partial charge in [0, 0.05) is 17.8 Å². The van der Waals surface area contributed by atoms with Crippen LogP contribution in [0, 0.1) is 27.7 Å². The molecule has 6 rings (SSSR count). The van der Waals surface area contributed by atoms with Crippen LogP contribution in [0.5, 0.6) is 34.5 Å².